The van der Waals surface area contributed by atoms with Crippen LogP contribution in [0, 0.1) is 0 Å². The van der Waals surface area contributed by atoms with Gasteiger partial charge in [-0.05, 0) is 36.8 Å². The second-order valence-electron chi connectivity index (χ2n) is 7.28. The molecule has 1 aromatic rings. The summed E-state index contributed by atoms with van der Waals surface area (Å²) in [5, 5.41) is 4.23. The Morgan fingerprint density at radius 1 is 1.39 bits per heavy atom. The first-order chi connectivity index (χ1) is 13.1. The van der Waals surface area contributed by atoms with Crippen molar-refractivity contribution in [1.82, 2.24) is 15.1 Å². The molecule has 28 heavy (non-hydrogen) atoms. The first-order valence-electron chi connectivity index (χ1n) is 9.77. The molecule has 0 bridgehead atoms. The molecule has 2 saturated heterocycles. The topological polar surface area (TPSA) is 40.1 Å². The smallest absolute Gasteiger partial charge is 0.194 e. The number of benzene rings is 1. The van der Waals surface area contributed by atoms with Gasteiger partial charge in [0.2, 0.25) is 0 Å². The molecule has 2 aliphatic heterocycles. The maximum Gasteiger partial charge on any atom is 0.194 e. The van der Waals surface area contributed by atoms with E-state index in [1.807, 2.05) is 18.2 Å². The van der Waals surface area contributed by atoms with Gasteiger partial charge in [-0.3, -0.25) is 9.89 Å². The fourth-order valence-corrected chi connectivity index (χ4v) is 5.46. The molecule has 2 heterocycles. The Morgan fingerprint density at radius 2 is 2.18 bits per heavy atom. The molecule has 2 aliphatic rings. The van der Waals surface area contributed by atoms with Crippen LogP contribution in [0.1, 0.15) is 18.9 Å². The molecular formula is C20H32ClIN4OS. The molecule has 0 radical (unpaired) electrons. The van der Waals surface area contributed by atoms with Gasteiger partial charge in [-0.2, -0.15) is 11.8 Å². The Balaban J connectivity index is 0.00000280. The number of aliphatic imine (C=N–C) groups is 1. The number of thioether (sulfide) groups is 1. The van der Waals surface area contributed by atoms with Crippen LogP contribution in [0.4, 0.5) is 0 Å². The molecule has 0 aliphatic carbocycles. The molecular weight excluding hydrogens is 507 g/mol. The lowest BCUT2D eigenvalue weighted by Crippen LogP contribution is -2.56. The Bertz CT molecular complexity index is 636. The van der Waals surface area contributed by atoms with E-state index in [-0.39, 0.29) is 29.5 Å². The number of nitrogens with zero attached hydrogens (tertiary/aromatic N) is 3. The second-order valence-corrected chi connectivity index (χ2v) is 8.82. The van der Waals surface area contributed by atoms with Crippen molar-refractivity contribution in [3.63, 3.8) is 0 Å². The highest BCUT2D eigenvalue weighted by Crippen LogP contribution is 2.34. The predicted octanol–water partition coefficient (Wildman–Crippen LogP) is 3.56. The molecule has 1 atom stereocenters. The molecule has 1 N–H and O–H groups in total. The quantitative estimate of drug-likeness (QED) is 0.341. The van der Waals surface area contributed by atoms with E-state index in [9.17, 15) is 0 Å². The van der Waals surface area contributed by atoms with E-state index < -0.39 is 0 Å². The summed E-state index contributed by atoms with van der Waals surface area (Å²) in [6.45, 7) is 8.31. The van der Waals surface area contributed by atoms with Crippen molar-refractivity contribution in [3.8, 4) is 0 Å². The molecule has 2 fully saturated rings. The monoisotopic (exact) mass is 538 g/mol. The van der Waals surface area contributed by atoms with E-state index in [1.165, 1.54) is 17.7 Å². The summed E-state index contributed by atoms with van der Waals surface area (Å²) in [4.78, 5) is 9.86. The molecule has 0 saturated carbocycles. The summed E-state index contributed by atoms with van der Waals surface area (Å²) in [5.74, 6) is 3.34. The van der Waals surface area contributed by atoms with Crippen molar-refractivity contribution in [1.29, 1.82) is 0 Å². The summed E-state index contributed by atoms with van der Waals surface area (Å²) in [5.41, 5.74) is 1.36. The molecule has 5 nitrogen and oxygen atoms in total. The Kier molecular flexibility index (Phi) is 10.2. The Labute approximate surface area is 195 Å². The minimum atomic E-state index is 0. The van der Waals surface area contributed by atoms with Gasteiger partial charge < -0.3 is 15.0 Å². The number of halogens is 2. The van der Waals surface area contributed by atoms with Crippen molar-refractivity contribution in [2.24, 2.45) is 4.99 Å². The maximum atomic E-state index is 6.14. The SMILES string of the molecule is CCNC(=NCC1(N2CCOCC2)CCSC1)N(C)Cc1cccc(Cl)c1.I. The average molecular weight is 539 g/mol. The van der Waals surface area contributed by atoms with E-state index in [0.717, 1.165) is 62.7 Å². The highest BCUT2D eigenvalue weighted by Gasteiger charge is 2.40. The van der Waals surface area contributed by atoms with Crippen LogP contribution in [0.25, 0.3) is 0 Å². The highest BCUT2D eigenvalue weighted by atomic mass is 127. The summed E-state index contributed by atoms with van der Waals surface area (Å²) in [7, 11) is 2.09. The Morgan fingerprint density at radius 3 is 2.82 bits per heavy atom. The van der Waals surface area contributed by atoms with Gasteiger partial charge in [-0.25, -0.2) is 0 Å². The number of morpholine rings is 1. The Hall–Kier alpha value is -0.220. The fraction of sp³-hybridized carbons (Fsp3) is 0.650. The molecule has 1 aromatic carbocycles. The predicted molar refractivity (Wildman–Crippen MR) is 131 cm³/mol. The van der Waals surface area contributed by atoms with Gasteiger partial charge in [0.25, 0.3) is 0 Å². The normalized spacial score (nSPS) is 23.3. The fourth-order valence-electron chi connectivity index (χ4n) is 3.78. The molecule has 1 unspecified atom stereocenters. The van der Waals surface area contributed by atoms with Crippen molar-refractivity contribution in [3.05, 3.63) is 34.9 Å². The molecule has 8 heteroatoms. The number of ether oxygens (including phenoxy) is 1. The first kappa shape index (κ1) is 24.1. The summed E-state index contributed by atoms with van der Waals surface area (Å²) in [6, 6.07) is 8.03. The number of hydrogen-bond donors (Lipinski definition) is 1. The van der Waals surface area contributed by atoms with Gasteiger partial charge in [-0.1, -0.05) is 23.7 Å². The molecule has 0 aromatic heterocycles. The number of rotatable bonds is 6. The lowest BCUT2D eigenvalue weighted by molar-refractivity contribution is -0.0105. The highest BCUT2D eigenvalue weighted by molar-refractivity contribution is 14.0. The van der Waals surface area contributed by atoms with Crippen LogP contribution in [-0.4, -0.2) is 79.2 Å². The standard InChI is InChI=1S/C20H31ClN4OS.HI/c1-3-22-19(24(2)14-17-5-4-6-18(21)13-17)23-15-20(7-12-27-16-20)25-8-10-26-11-9-25;/h4-6,13H,3,7-12,14-16H2,1-2H3,(H,22,23);1H. The molecule has 0 amide bonds. The van der Waals surface area contributed by atoms with Crippen LogP contribution in [-0.2, 0) is 11.3 Å². The first-order valence-corrected chi connectivity index (χ1v) is 11.3. The summed E-state index contributed by atoms with van der Waals surface area (Å²) >= 11 is 8.19. The summed E-state index contributed by atoms with van der Waals surface area (Å²) in [6.07, 6.45) is 1.21. The van der Waals surface area contributed by atoms with Gasteiger partial charge >= 0.3 is 0 Å². The maximum absolute atomic E-state index is 6.14. The van der Waals surface area contributed by atoms with E-state index in [2.05, 4.69) is 46.9 Å². The van der Waals surface area contributed by atoms with E-state index in [0.29, 0.717) is 0 Å². The van der Waals surface area contributed by atoms with Gasteiger partial charge in [0.1, 0.15) is 0 Å². The largest absolute Gasteiger partial charge is 0.379 e. The lowest BCUT2D eigenvalue weighted by atomic mass is 9.96. The zero-order chi connectivity index (χ0) is 19.1. The third kappa shape index (κ3) is 6.39. The third-order valence-corrected chi connectivity index (χ3v) is 6.76. The van der Waals surface area contributed by atoms with Crippen LogP contribution < -0.4 is 5.32 Å². The molecule has 3 rings (SSSR count). The van der Waals surface area contributed by atoms with E-state index in [4.69, 9.17) is 21.3 Å². The van der Waals surface area contributed by atoms with Crippen molar-refractivity contribution < 1.29 is 4.74 Å². The molecule has 0 spiro atoms. The number of guanidine groups is 1. The van der Waals surface area contributed by atoms with Crippen molar-refractivity contribution >= 4 is 53.3 Å². The van der Waals surface area contributed by atoms with Crippen LogP contribution in [0.3, 0.4) is 0 Å². The van der Waals surface area contributed by atoms with Crippen molar-refractivity contribution in [2.75, 3.05) is 57.9 Å². The zero-order valence-corrected chi connectivity index (χ0v) is 20.7. The second kappa shape index (κ2) is 11.8. The van der Waals surface area contributed by atoms with Crippen molar-refractivity contribution in [2.45, 2.75) is 25.4 Å². The lowest BCUT2D eigenvalue weighted by Gasteiger charge is -2.42. The van der Waals surface area contributed by atoms with Crippen LogP contribution in [0.5, 0.6) is 0 Å². The van der Waals surface area contributed by atoms with Crippen LogP contribution in [0.2, 0.25) is 5.02 Å². The van der Waals surface area contributed by atoms with E-state index in [1.54, 1.807) is 0 Å². The van der Waals surface area contributed by atoms with Gasteiger partial charge in [0, 0.05) is 44.0 Å². The van der Waals surface area contributed by atoms with Gasteiger partial charge in [0.05, 0.1) is 25.3 Å². The molecule has 158 valence electrons. The van der Waals surface area contributed by atoms with Crippen LogP contribution >= 0.6 is 47.3 Å². The van der Waals surface area contributed by atoms with Gasteiger partial charge in [0.15, 0.2) is 5.96 Å². The van der Waals surface area contributed by atoms with Crippen LogP contribution in [0.15, 0.2) is 29.3 Å². The average Bonchev–Trinajstić information content (AvgIpc) is 3.16. The van der Waals surface area contributed by atoms with Gasteiger partial charge in [-0.15, -0.1) is 24.0 Å². The minimum absolute atomic E-state index is 0. The summed E-state index contributed by atoms with van der Waals surface area (Å²) < 4.78 is 5.57. The minimum Gasteiger partial charge on any atom is -0.379 e. The number of hydrogen-bond acceptors (Lipinski definition) is 4. The zero-order valence-electron chi connectivity index (χ0n) is 16.8. The number of nitrogens with one attached hydrogen (secondary N) is 1. The van der Waals surface area contributed by atoms with E-state index >= 15 is 0 Å². The third-order valence-electron chi connectivity index (χ3n) is 5.29.